The van der Waals surface area contributed by atoms with Crippen LogP contribution in [-0.4, -0.2) is 25.0 Å². The van der Waals surface area contributed by atoms with Crippen molar-refractivity contribution in [3.8, 4) is 0 Å². The zero-order valence-electron chi connectivity index (χ0n) is 14.4. The Morgan fingerprint density at radius 2 is 1.55 bits per heavy atom. The number of fused-ring (bicyclic) bond motifs is 4. The Morgan fingerprint density at radius 1 is 0.900 bits per heavy atom. The van der Waals surface area contributed by atoms with E-state index in [0.29, 0.717) is 13.1 Å². The first-order valence-electron chi connectivity index (χ1n) is 8.67. The second-order valence-electron chi connectivity index (χ2n) is 5.62. The van der Waals surface area contributed by atoms with Gasteiger partial charge in [-0.2, -0.15) is 0 Å². The fourth-order valence-corrected chi connectivity index (χ4v) is 3.45. The molecule has 0 amide bonds. The zero-order chi connectivity index (χ0) is 16.0. The van der Waals surface area contributed by atoms with Crippen LogP contribution in [0.15, 0.2) is 48.5 Å². The summed E-state index contributed by atoms with van der Waals surface area (Å²) in [5, 5.41) is 0. The first-order valence-corrected chi connectivity index (χ1v) is 7.17. The summed E-state index contributed by atoms with van der Waals surface area (Å²) in [7, 11) is 0. The van der Waals surface area contributed by atoms with Crippen molar-refractivity contribution in [3.05, 3.63) is 70.8 Å². The van der Waals surface area contributed by atoms with Crippen molar-refractivity contribution < 1.29 is 4.11 Å². The van der Waals surface area contributed by atoms with E-state index >= 15 is 0 Å². The normalized spacial score (nSPS) is 20.9. The predicted molar refractivity (Wildman–Crippen MR) is 84.6 cm³/mol. The van der Waals surface area contributed by atoms with Crippen LogP contribution in [0.25, 0.3) is 11.1 Å². The molecular weight excluding hydrogens is 242 g/mol. The molecule has 2 aliphatic rings. The van der Waals surface area contributed by atoms with Gasteiger partial charge < -0.3 is 4.90 Å². The Kier molecular flexibility index (Phi) is 2.11. The third kappa shape index (κ3) is 1.82. The van der Waals surface area contributed by atoms with Crippen molar-refractivity contribution in [1.82, 2.24) is 4.90 Å². The van der Waals surface area contributed by atoms with Crippen LogP contribution in [0.3, 0.4) is 0 Å². The summed E-state index contributed by atoms with van der Waals surface area (Å²) >= 11 is 0. The molecule has 0 bridgehead atoms. The van der Waals surface area contributed by atoms with Crippen molar-refractivity contribution in [1.29, 1.82) is 0 Å². The molecule has 1 aliphatic carbocycles. The van der Waals surface area contributed by atoms with Crippen LogP contribution in [0.5, 0.6) is 0 Å². The molecule has 1 heteroatoms. The van der Waals surface area contributed by atoms with Crippen LogP contribution >= 0.6 is 0 Å². The molecule has 0 radical (unpaired) electrons. The largest absolute Gasteiger partial charge is 0.302 e. The van der Waals surface area contributed by atoms with E-state index in [0.717, 1.165) is 12.8 Å². The molecule has 0 spiro atoms. The third-order valence-corrected chi connectivity index (χ3v) is 4.41. The summed E-state index contributed by atoms with van der Waals surface area (Å²) in [5.74, 6) is 0. The van der Waals surface area contributed by atoms with Crippen LogP contribution in [-0.2, 0) is 6.42 Å². The second-order valence-corrected chi connectivity index (χ2v) is 5.62. The van der Waals surface area contributed by atoms with E-state index in [1.165, 1.54) is 33.4 Å². The molecule has 4 rings (SSSR count). The highest BCUT2D eigenvalue weighted by atomic mass is 15.1. The Bertz CT molecular complexity index is 789. The molecule has 1 nitrogen and oxygen atoms in total. The Morgan fingerprint density at radius 3 is 2.25 bits per heavy atom. The van der Waals surface area contributed by atoms with Crippen LogP contribution in [0.1, 0.15) is 32.8 Å². The van der Waals surface area contributed by atoms with Gasteiger partial charge in [-0.15, -0.1) is 0 Å². The van der Waals surface area contributed by atoms with Gasteiger partial charge in [-0.25, -0.2) is 0 Å². The van der Waals surface area contributed by atoms with Crippen molar-refractivity contribution in [3.63, 3.8) is 0 Å². The molecule has 2 aromatic rings. The minimum Gasteiger partial charge on any atom is -0.302 e. The molecular formula is C19H19N. The smallest absolute Gasteiger partial charge is 0.0394 e. The lowest BCUT2D eigenvalue weighted by molar-refractivity contribution is 0.376. The molecule has 0 saturated heterocycles. The Balaban J connectivity index is 1.92. The lowest BCUT2D eigenvalue weighted by Gasteiger charge is -2.28. The van der Waals surface area contributed by atoms with Crippen LogP contribution < -0.4 is 0 Å². The standard InChI is InChI=1S/C19H19N/c1-20-11-10-18-16-8-4-2-6-14(16)12-15-7-3-5-9-17(15)19(18)13-20/h2-9H,10-13H2,1H3/i1D3. The highest BCUT2D eigenvalue weighted by Crippen LogP contribution is 2.39. The number of benzene rings is 2. The summed E-state index contributed by atoms with van der Waals surface area (Å²) in [5.41, 5.74) is 7.65. The molecule has 100 valence electrons. The second kappa shape index (κ2) is 4.60. The summed E-state index contributed by atoms with van der Waals surface area (Å²) < 4.78 is 23.3. The van der Waals surface area contributed by atoms with Gasteiger partial charge in [0.15, 0.2) is 0 Å². The highest BCUT2D eigenvalue weighted by molar-refractivity contribution is 5.95. The van der Waals surface area contributed by atoms with Crippen molar-refractivity contribution >= 4 is 11.1 Å². The Hall–Kier alpha value is -1.86. The molecule has 0 aromatic heterocycles. The van der Waals surface area contributed by atoms with Gasteiger partial charge in [0.1, 0.15) is 0 Å². The van der Waals surface area contributed by atoms with E-state index in [9.17, 15) is 0 Å². The van der Waals surface area contributed by atoms with E-state index in [1.807, 2.05) is 6.07 Å². The number of rotatable bonds is 0. The van der Waals surface area contributed by atoms with Gasteiger partial charge in [0.2, 0.25) is 0 Å². The predicted octanol–water partition coefficient (Wildman–Crippen LogP) is 3.84. The molecule has 1 aliphatic heterocycles. The minimum absolute atomic E-state index is 0.497. The van der Waals surface area contributed by atoms with E-state index in [1.54, 1.807) is 4.90 Å². The van der Waals surface area contributed by atoms with Gasteiger partial charge in [0.25, 0.3) is 0 Å². The van der Waals surface area contributed by atoms with Gasteiger partial charge in [-0.05, 0) is 53.2 Å². The maximum absolute atomic E-state index is 7.75. The molecule has 0 saturated carbocycles. The van der Waals surface area contributed by atoms with Gasteiger partial charge in [0, 0.05) is 17.2 Å². The van der Waals surface area contributed by atoms with E-state index in [2.05, 4.69) is 42.5 Å². The van der Waals surface area contributed by atoms with Crippen molar-refractivity contribution in [2.24, 2.45) is 0 Å². The average molecular weight is 264 g/mol. The molecule has 0 unspecified atom stereocenters. The molecule has 2 aromatic carbocycles. The summed E-state index contributed by atoms with van der Waals surface area (Å²) in [6, 6.07) is 17.0. The van der Waals surface area contributed by atoms with E-state index in [4.69, 9.17) is 4.11 Å². The monoisotopic (exact) mass is 264 g/mol. The lowest BCUT2D eigenvalue weighted by atomic mass is 9.89. The molecule has 0 atom stereocenters. The van der Waals surface area contributed by atoms with Crippen LogP contribution in [0.2, 0.25) is 0 Å². The quantitative estimate of drug-likeness (QED) is 0.699. The molecule has 1 heterocycles. The van der Waals surface area contributed by atoms with Crippen LogP contribution in [0, 0.1) is 0 Å². The maximum Gasteiger partial charge on any atom is 0.0394 e. The minimum atomic E-state index is -2.03. The summed E-state index contributed by atoms with van der Waals surface area (Å²) in [4.78, 5) is 1.62. The first kappa shape index (κ1) is 9.15. The zero-order valence-corrected chi connectivity index (χ0v) is 11.4. The molecule has 20 heavy (non-hydrogen) atoms. The molecule has 0 N–H and O–H groups in total. The molecule has 0 fully saturated rings. The van der Waals surface area contributed by atoms with Gasteiger partial charge >= 0.3 is 0 Å². The summed E-state index contributed by atoms with van der Waals surface area (Å²) in [6.45, 7) is -0.942. The van der Waals surface area contributed by atoms with E-state index < -0.39 is 6.98 Å². The van der Waals surface area contributed by atoms with Gasteiger partial charge in [-0.3, -0.25) is 0 Å². The third-order valence-electron chi connectivity index (χ3n) is 4.41. The van der Waals surface area contributed by atoms with Gasteiger partial charge in [-0.1, -0.05) is 48.5 Å². The Labute approximate surface area is 124 Å². The number of nitrogens with zero attached hydrogens (tertiary/aromatic N) is 1. The number of likely N-dealkylation sites (N-methyl/N-ethyl adjacent to an activating group) is 1. The van der Waals surface area contributed by atoms with Gasteiger partial charge in [0.05, 0.1) is 0 Å². The number of hydrogen-bond acceptors (Lipinski definition) is 1. The summed E-state index contributed by atoms with van der Waals surface area (Å²) in [6.07, 6.45) is 1.70. The SMILES string of the molecule is [2H]C([2H])([2H])N1CCC2=C(C1)c1ccccc1Cc1ccccc12. The van der Waals surface area contributed by atoms with Crippen molar-refractivity contribution in [2.75, 3.05) is 20.1 Å². The maximum atomic E-state index is 7.75. The lowest BCUT2D eigenvalue weighted by Crippen LogP contribution is -2.27. The number of hydrogen-bond donors (Lipinski definition) is 0. The van der Waals surface area contributed by atoms with E-state index in [-0.39, 0.29) is 0 Å². The topological polar surface area (TPSA) is 3.24 Å². The first-order chi connectivity index (χ1) is 11.0. The highest BCUT2D eigenvalue weighted by Gasteiger charge is 2.24. The van der Waals surface area contributed by atoms with Crippen molar-refractivity contribution in [2.45, 2.75) is 12.8 Å². The average Bonchev–Trinajstić information content (AvgIpc) is 2.68. The van der Waals surface area contributed by atoms with Crippen LogP contribution in [0.4, 0.5) is 0 Å². The fourth-order valence-electron chi connectivity index (χ4n) is 3.45. The fraction of sp³-hybridized carbons (Fsp3) is 0.263.